The van der Waals surface area contributed by atoms with Crippen molar-refractivity contribution < 1.29 is 9.59 Å². The van der Waals surface area contributed by atoms with Crippen molar-refractivity contribution in [2.24, 2.45) is 5.10 Å². The van der Waals surface area contributed by atoms with Crippen LogP contribution in [-0.2, 0) is 22.7 Å². The van der Waals surface area contributed by atoms with Gasteiger partial charge < -0.3 is 4.90 Å². The van der Waals surface area contributed by atoms with Crippen LogP contribution in [0.4, 0.5) is 0 Å². The van der Waals surface area contributed by atoms with E-state index in [0.29, 0.717) is 31.6 Å². The monoisotopic (exact) mass is 336 g/mol. The fraction of sp³-hybridized carbons (Fsp3) is 0.263. The van der Waals surface area contributed by atoms with Crippen LogP contribution < -0.4 is 0 Å². The van der Waals surface area contributed by atoms with E-state index in [2.05, 4.69) is 10.1 Å². The Labute approximate surface area is 146 Å². The van der Waals surface area contributed by atoms with Crippen LogP contribution in [0.2, 0.25) is 0 Å². The van der Waals surface area contributed by atoms with Crippen LogP contribution in [0.3, 0.4) is 0 Å². The molecule has 0 aliphatic carbocycles. The van der Waals surface area contributed by atoms with E-state index in [-0.39, 0.29) is 11.8 Å². The summed E-state index contributed by atoms with van der Waals surface area (Å²) in [4.78, 5) is 30.4. The number of benzene rings is 1. The molecule has 2 heterocycles. The summed E-state index contributed by atoms with van der Waals surface area (Å²) in [6, 6.07) is 13.4. The van der Waals surface area contributed by atoms with Gasteiger partial charge in [-0.15, -0.1) is 0 Å². The predicted molar refractivity (Wildman–Crippen MR) is 94.4 cm³/mol. The molecular weight excluding hydrogens is 316 g/mol. The van der Waals surface area contributed by atoms with Gasteiger partial charge >= 0.3 is 0 Å². The Morgan fingerprint density at radius 3 is 2.60 bits per heavy atom. The number of hydrogen-bond acceptors (Lipinski definition) is 4. The molecule has 2 aromatic rings. The number of nitrogens with zero attached hydrogens (tertiary/aromatic N) is 4. The van der Waals surface area contributed by atoms with Crippen LogP contribution in [0.1, 0.15) is 24.0 Å². The molecule has 25 heavy (non-hydrogen) atoms. The summed E-state index contributed by atoms with van der Waals surface area (Å²) in [5.74, 6) is -0.218. The highest BCUT2D eigenvalue weighted by atomic mass is 16.2. The first-order valence-electron chi connectivity index (χ1n) is 8.19. The minimum absolute atomic E-state index is 0.0599. The van der Waals surface area contributed by atoms with Crippen molar-refractivity contribution in [1.29, 1.82) is 0 Å². The van der Waals surface area contributed by atoms with E-state index in [9.17, 15) is 9.59 Å². The molecule has 3 rings (SSSR count). The first-order valence-corrected chi connectivity index (χ1v) is 8.19. The van der Waals surface area contributed by atoms with E-state index < -0.39 is 0 Å². The third kappa shape index (κ3) is 4.29. The van der Waals surface area contributed by atoms with Crippen molar-refractivity contribution in [3.63, 3.8) is 0 Å². The second-order valence-corrected chi connectivity index (χ2v) is 6.01. The smallest absolute Gasteiger partial charge is 0.270 e. The molecule has 2 amide bonds. The topological polar surface area (TPSA) is 65.9 Å². The third-order valence-corrected chi connectivity index (χ3v) is 4.02. The van der Waals surface area contributed by atoms with Crippen LogP contribution in [0.15, 0.2) is 60.0 Å². The molecule has 0 N–H and O–H groups in total. The third-order valence-electron chi connectivity index (χ3n) is 4.02. The molecule has 0 unspecified atom stereocenters. The van der Waals surface area contributed by atoms with E-state index in [1.807, 2.05) is 42.5 Å². The lowest BCUT2D eigenvalue weighted by Crippen LogP contribution is -2.39. The van der Waals surface area contributed by atoms with Gasteiger partial charge in [0.1, 0.15) is 5.71 Å². The Kier molecular flexibility index (Phi) is 5.18. The van der Waals surface area contributed by atoms with Gasteiger partial charge in [-0.1, -0.05) is 36.4 Å². The standard InChI is InChI=1S/C19H20N4O2/c1-22(13-16-8-5-11-20-12-16)19(25)17-9-10-18(24)23(21-17)14-15-6-3-2-4-7-15/h2-8,11-12H,9-10,13-14H2,1H3. The Balaban J connectivity index is 1.70. The quantitative estimate of drug-likeness (QED) is 0.841. The molecule has 0 bridgehead atoms. The maximum atomic E-state index is 12.6. The van der Waals surface area contributed by atoms with Gasteiger partial charge in [0.25, 0.3) is 5.91 Å². The molecule has 1 aliphatic heterocycles. The summed E-state index contributed by atoms with van der Waals surface area (Å²) in [6.07, 6.45) is 4.11. The molecule has 6 nitrogen and oxygen atoms in total. The van der Waals surface area contributed by atoms with Crippen molar-refractivity contribution in [2.45, 2.75) is 25.9 Å². The Hall–Kier alpha value is -3.02. The Bertz CT molecular complexity index is 775. The molecule has 1 aromatic heterocycles. The van der Waals surface area contributed by atoms with Crippen LogP contribution in [-0.4, -0.2) is 39.5 Å². The van der Waals surface area contributed by atoms with Gasteiger partial charge in [0, 0.05) is 38.8 Å². The zero-order valence-corrected chi connectivity index (χ0v) is 14.1. The summed E-state index contributed by atoms with van der Waals surface area (Å²) >= 11 is 0. The SMILES string of the molecule is CN(Cc1cccnc1)C(=O)C1=NN(Cc2ccccc2)C(=O)CC1. The van der Waals surface area contributed by atoms with E-state index in [1.54, 1.807) is 24.3 Å². The van der Waals surface area contributed by atoms with Gasteiger partial charge in [-0.25, -0.2) is 5.01 Å². The zero-order chi connectivity index (χ0) is 17.6. The number of aromatic nitrogens is 1. The van der Waals surface area contributed by atoms with Crippen LogP contribution in [0.5, 0.6) is 0 Å². The fourth-order valence-corrected chi connectivity index (χ4v) is 2.69. The van der Waals surface area contributed by atoms with Crippen molar-refractivity contribution in [3.8, 4) is 0 Å². The van der Waals surface area contributed by atoms with Crippen molar-refractivity contribution in [1.82, 2.24) is 14.9 Å². The summed E-state index contributed by atoms with van der Waals surface area (Å²) in [6.45, 7) is 0.834. The Morgan fingerprint density at radius 1 is 1.12 bits per heavy atom. The number of pyridine rings is 1. The van der Waals surface area contributed by atoms with Crippen molar-refractivity contribution in [2.75, 3.05) is 7.05 Å². The molecule has 0 saturated carbocycles. The van der Waals surface area contributed by atoms with Crippen molar-refractivity contribution >= 4 is 17.5 Å². The molecule has 0 fully saturated rings. The highest BCUT2D eigenvalue weighted by Crippen LogP contribution is 2.15. The van der Waals surface area contributed by atoms with Crippen LogP contribution in [0.25, 0.3) is 0 Å². The second-order valence-electron chi connectivity index (χ2n) is 6.01. The molecule has 0 saturated heterocycles. The maximum absolute atomic E-state index is 12.6. The largest absolute Gasteiger partial charge is 0.336 e. The molecule has 6 heteroatoms. The molecule has 0 radical (unpaired) electrons. The highest BCUT2D eigenvalue weighted by Gasteiger charge is 2.26. The number of carbonyl (C=O) groups excluding carboxylic acids is 2. The highest BCUT2D eigenvalue weighted by molar-refractivity contribution is 6.39. The Morgan fingerprint density at radius 2 is 1.88 bits per heavy atom. The van der Waals surface area contributed by atoms with Gasteiger partial charge in [0.05, 0.1) is 6.54 Å². The number of carbonyl (C=O) groups is 2. The van der Waals surface area contributed by atoms with E-state index in [0.717, 1.165) is 11.1 Å². The van der Waals surface area contributed by atoms with Gasteiger partial charge in [0.15, 0.2) is 0 Å². The van der Waals surface area contributed by atoms with E-state index in [4.69, 9.17) is 0 Å². The number of amides is 2. The minimum atomic E-state index is -0.158. The van der Waals surface area contributed by atoms with Crippen LogP contribution in [0, 0.1) is 0 Å². The molecule has 128 valence electrons. The number of rotatable bonds is 5. The number of hydrazone groups is 1. The van der Waals surface area contributed by atoms with Crippen LogP contribution >= 0.6 is 0 Å². The minimum Gasteiger partial charge on any atom is -0.336 e. The molecular formula is C19H20N4O2. The zero-order valence-electron chi connectivity index (χ0n) is 14.1. The predicted octanol–water partition coefficient (Wildman–Crippen LogP) is 2.22. The second kappa shape index (κ2) is 7.70. The lowest BCUT2D eigenvalue weighted by molar-refractivity contribution is -0.132. The van der Waals surface area contributed by atoms with Gasteiger partial charge in [0.2, 0.25) is 5.91 Å². The van der Waals surface area contributed by atoms with E-state index >= 15 is 0 Å². The first kappa shape index (κ1) is 16.8. The van der Waals surface area contributed by atoms with Gasteiger partial charge in [-0.05, 0) is 17.2 Å². The van der Waals surface area contributed by atoms with E-state index in [1.165, 1.54) is 5.01 Å². The molecule has 1 aliphatic rings. The van der Waals surface area contributed by atoms with Crippen molar-refractivity contribution in [3.05, 3.63) is 66.0 Å². The molecule has 1 aromatic carbocycles. The van der Waals surface area contributed by atoms with Gasteiger partial charge in [-0.2, -0.15) is 5.10 Å². The first-order chi connectivity index (χ1) is 12.1. The average molecular weight is 336 g/mol. The van der Waals surface area contributed by atoms with Gasteiger partial charge in [-0.3, -0.25) is 14.6 Å². The fourth-order valence-electron chi connectivity index (χ4n) is 2.69. The molecule has 0 atom stereocenters. The lowest BCUT2D eigenvalue weighted by atomic mass is 10.1. The normalized spacial score (nSPS) is 14.2. The summed E-state index contributed by atoms with van der Waals surface area (Å²) in [7, 11) is 1.73. The summed E-state index contributed by atoms with van der Waals surface area (Å²) < 4.78 is 0. The lowest BCUT2D eigenvalue weighted by Gasteiger charge is -2.25. The summed E-state index contributed by atoms with van der Waals surface area (Å²) in [5.41, 5.74) is 2.35. The number of hydrogen-bond donors (Lipinski definition) is 0. The molecule has 0 spiro atoms. The summed E-state index contributed by atoms with van der Waals surface area (Å²) in [5, 5.41) is 5.71. The average Bonchev–Trinajstić information content (AvgIpc) is 2.64. The maximum Gasteiger partial charge on any atom is 0.270 e.